The van der Waals surface area contributed by atoms with Crippen LogP contribution in [0, 0.1) is 0 Å². The van der Waals surface area contributed by atoms with Gasteiger partial charge in [0.15, 0.2) is 11.5 Å². The fourth-order valence-corrected chi connectivity index (χ4v) is 6.07. The van der Waals surface area contributed by atoms with Crippen LogP contribution >= 0.6 is 0 Å². The van der Waals surface area contributed by atoms with E-state index in [1.165, 1.54) is 0 Å². The van der Waals surface area contributed by atoms with Crippen molar-refractivity contribution < 1.29 is 33.6 Å². The fourth-order valence-electron chi connectivity index (χ4n) is 6.07. The predicted molar refractivity (Wildman–Crippen MR) is 165 cm³/mol. The van der Waals surface area contributed by atoms with Crippen LogP contribution in [0.1, 0.15) is 42.1 Å². The fraction of sp³-hybridized carbons (Fsp3) is 0.371. The zero-order valence-electron chi connectivity index (χ0n) is 25.2. The van der Waals surface area contributed by atoms with E-state index in [2.05, 4.69) is 4.90 Å². The molecule has 1 amide bonds. The number of aliphatic hydroxyl groups is 1. The first-order valence-corrected chi connectivity index (χ1v) is 15.2. The number of hydrogen-bond donors (Lipinski definition) is 1. The zero-order valence-corrected chi connectivity index (χ0v) is 25.2. The summed E-state index contributed by atoms with van der Waals surface area (Å²) in [5, 5.41) is 11.7. The van der Waals surface area contributed by atoms with Gasteiger partial charge in [-0.25, -0.2) is 0 Å². The lowest BCUT2D eigenvalue weighted by atomic mass is 9.94. The van der Waals surface area contributed by atoms with Gasteiger partial charge in [-0.05, 0) is 60.9 Å². The minimum atomic E-state index is -0.804. The molecule has 2 saturated heterocycles. The van der Waals surface area contributed by atoms with Gasteiger partial charge in [0.2, 0.25) is 0 Å². The third kappa shape index (κ3) is 6.16. The summed E-state index contributed by atoms with van der Waals surface area (Å²) in [4.78, 5) is 31.0. The summed E-state index contributed by atoms with van der Waals surface area (Å²) in [6, 6.07) is 19.9. The maximum absolute atomic E-state index is 13.7. The van der Waals surface area contributed by atoms with E-state index in [-0.39, 0.29) is 17.4 Å². The Morgan fingerprint density at radius 3 is 2.52 bits per heavy atom. The van der Waals surface area contributed by atoms with Crippen molar-refractivity contribution in [2.45, 2.75) is 39.0 Å². The number of morpholine rings is 1. The molecule has 3 aliphatic heterocycles. The van der Waals surface area contributed by atoms with E-state index in [9.17, 15) is 14.7 Å². The van der Waals surface area contributed by atoms with Crippen LogP contribution in [0.15, 0.2) is 72.3 Å². The lowest BCUT2D eigenvalue weighted by Crippen LogP contribution is -2.42. The van der Waals surface area contributed by atoms with Crippen molar-refractivity contribution in [3.63, 3.8) is 0 Å². The van der Waals surface area contributed by atoms with Crippen LogP contribution in [-0.4, -0.2) is 78.7 Å². The van der Waals surface area contributed by atoms with Gasteiger partial charge in [-0.3, -0.25) is 14.5 Å². The number of amides is 1. The summed E-state index contributed by atoms with van der Waals surface area (Å²) >= 11 is 0. The van der Waals surface area contributed by atoms with Gasteiger partial charge < -0.3 is 29.0 Å². The van der Waals surface area contributed by atoms with Crippen LogP contribution in [0.3, 0.4) is 0 Å². The molecule has 1 N–H and O–H groups in total. The highest BCUT2D eigenvalue weighted by molar-refractivity contribution is 6.46. The molecule has 9 heteroatoms. The number of benzene rings is 3. The second kappa shape index (κ2) is 13.1. The molecule has 3 aromatic carbocycles. The van der Waals surface area contributed by atoms with Gasteiger partial charge in [0, 0.05) is 38.2 Å². The number of aliphatic hydroxyl groups excluding tert-OH is 1. The van der Waals surface area contributed by atoms with E-state index in [1.807, 2.05) is 68.4 Å². The minimum Gasteiger partial charge on any atom is -0.507 e. The molecule has 230 valence electrons. The molecule has 0 bridgehead atoms. The van der Waals surface area contributed by atoms with Gasteiger partial charge in [0.05, 0.1) is 31.4 Å². The molecule has 3 aliphatic rings. The molecule has 9 nitrogen and oxygen atoms in total. The molecule has 0 radical (unpaired) electrons. The molecule has 0 saturated carbocycles. The quantitative estimate of drug-likeness (QED) is 0.203. The summed E-state index contributed by atoms with van der Waals surface area (Å²) in [7, 11) is 0. The first kappa shape index (κ1) is 29.7. The Morgan fingerprint density at radius 1 is 0.955 bits per heavy atom. The van der Waals surface area contributed by atoms with Gasteiger partial charge in [0.25, 0.3) is 11.7 Å². The van der Waals surface area contributed by atoms with E-state index in [0.29, 0.717) is 68.6 Å². The molecular formula is C35H38N2O7. The van der Waals surface area contributed by atoms with Crippen molar-refractivity contribution in [3.8, 4) is 17.2 Å². The zero-order chi connectivity index (χ0) is 30.6. The molecule has 6 rings (SSSR count). The van der Waals surface area contributed by atoms with E-state index < -0.39 is 17.7 Å². The highest BCUT2D eigenvalue weighted by Gasteiger charge is 2.46. The van der Waals surface area contributed by atoms with Crippen molar-refractivity contribution in [2.75, 3.05) is 46.0 Å². The average Bonchev–Trinajstić information content (AvgIpc) is 3.54. The highest BCUT2D eigenvalue weighted by Crippen LogP contribution is 2.43. The lowest BCUT2D eigenvalue weighted by Gasteiger charge is -2.31. The molecule has 0 aromatic heterocycles. The van der Waals surface area contributed by atoms with Crippen molar-refractivity contribution in [1.82, 2.24) is 9.80 Å². The van der Waals surface area contributed by atoms with E-state index in [1.54, 1.807) is 17.0 Å². The normalized spacial score (nSPS) is 21.3. The Bertz CT molecular complexity index is 1550. The SMILES string of the molecule is CCOc1cc([C@@H]2C(=C(O)c3ccc4c(c3)C[C@H](C)O4)C(=O)C(=O)N2CCN2CCOCC2)ccc1OCc1ccccc1. The first-order chi connectivity index (χ1) is 21.4. The first-order valence-electron chi connectivity index (χ1n) is 15.2. The molecule has 3 aromatic rings. The number of ketones is 1. The van der Waals surface area contributed by atoms with Gasteiger partial charge >= 0.3 is 0 Å². The topological polar surface area (TPSA) is 97.8 Å². The summed E-state index contributed by atoms with van der Waals surface area (Å²) in [5.74, 6) is 0.282. The molecule has 2 atom stereocenters. The van der Waals surface area contributed by atoms with Gasteiger partial charge in [-0.1, -0.05) is 36.4 Å². The second-order valence-corrected chi connectivity index (χ2v) is 11.3. The largest absolute Gasteiger partial charge is 0.507 e. The number of carbonyl (C=O) groups is 2. The maximum Gasteiger partial charge on any atom is 0.295 e. The van der Waals surface area contributed by atoms with E-state index >= 15 is 0 Å². The molecule has 2 fully saturated rings. The Kier molecular flexibility index (Phi) is 8.86. The summed E-state index contributed by atoms with van der Waals surface area (Å²) in [6.07, 6.45) is 0.739. The Balaban J connectivity index is 1.37. The third-order valence-corrected chi connectivity index (χ3v) is 8.29. The number of nitrogens with zero attached hydrogens (tertiary/aromatic N) is 2. The smallest absolute Gasteiger partial charge is 0.295 e. The number of Topliss-reactive ketones (excluding diaryl/α,β-unsaturated/α-hetero) is 1. The highest BCUT2D eigenvalue weighted by atomic mass is 16.5. The van der Waals surface area contributed by atoms with Crippen LogP contribution in [0.5, 0.6) is 17.2 Å². The molecule has 0 aliphatic carbocycles. The molecular weight excluding hydrogens is 560 g/mol. The van der Waals surface area contributed by atoms with Gasteiger partial charge in [-0.2, -0.15) is 0 Å². The number of ether oxygens (including phenoxy) is 4. The van der Waals surface area contributed by atoms with E-state index in [0.717, 1.165) is 30.0 Å². The van der Waals surface area contributed by atoms with Gasteiger partial charge in [0.1, 0.15) is 24.2 Å². The predicted octanol–water partition coefficient (Wildman–Crippen LogP) is 4.74. The van der Waals surface area contributed by atoms with Crippen LogP contribution in [0.25, 0.3) is 5.76 Å². The lowest BCUT2D eigenvalue weighted by molar-refractivity contribution is -0.140. The monoisotopic (exact) mass is 598 g/mol. The third-order valence-electron chi connectivity index (χ3n) is 8.29. The number of fused-ring (bicyclic) bond motifs is 1. The Labute approximate surface area is 257 Å². The number of carbonyl (C=O) groups excluding carboxylic acids is 2. The Morgan fingerprint density at radius 2 is 1.75 bits per heavy atom. The Hall–Kier alpha value is -4.34. The van der Waals surface area contributed by atoms with E-state index in [4.69, 9.17) is 18.9 Å². The van der Waals surface area contributed by atoms with Crippen molar-refractivity contribution >= 4 is 17.4 Å². The average molecular weight is 599 g/mol. The van der Waals surface area contributed by atoms with Crippen LogP contribution in [-0.2, 0) is 27.4 Å². The number of hydrogen-bond acceptors (Lipinski definition) is 8. The van der Waals surface area contributed by atoms with Crippen molar-refractivity contribution in [2.24, 2.45) is 0 Å². The molecule has 44 heavy (non-hydrogen) atoms. The maximum atomic E-state index is 13.7. The van der Waals surface area contributed by atoms with Gasteiger partial charge in [-0.15, -0.1) is 0 Å². The molecule has 0 spiro atoms. The standard InChI is InChI=1S/C35H38N2O7/c1-3-42-30-21-25(9-12-29(30)43-22-24-7-5-4-6-8-24)32-31(33(38)26-10-11-28-27(20-26)19-23(2)44-28)34(39)35(40)37(32)14-13-36-15-17-41-18-16-36/h4-12,20-21,23,32,38H,3,13-19,22H2,1-2H3/t23-,32+/m0/s1. The summed E-state index contributed by atoms with van der Waals surface area (Å²) < 4.78 is 23.4. The molecule has 3 heterocycles. The second-order valence-electron chi connectivity index (χ2n) is 11.3. The summed E-state index contributed by atoms with van der Waals surface area (Å²) in [5.41, 5.74) is 3.17. The van der Waals surface area contributed by atoms with Crippen LogP contribution in [0.4, 0.5) is 0 Å². The van der Waals surface area contributed by atoms with Crippen LogP contribution in [0.2, 0.25) is 0 Å². The minimum absolute atomic E-state index is 0.0350. The number of rotatable bonds is 10. The van der Waals surface area contributed by atoms with Crippen molar-refractivity contribution in [1.29, 1.82) is 0 Å². The van der Waals surface area contributed by atoms with Crippen LogP contribution < -0.4 is 14.2 Å². The number of likely N-dealkylation sites (tertiary alicyclic amines) is 1. The summed E-state index contributed by atoms with van der Waals surface area (Å²) in [6.45, 7) is 8.31. The molecule has 0 unspecified atom stereocenters. The van der Waals surface area contributed by atoms with Crippen molar-refractivity contribution in [3.05, 3.63) is 94.6 Å².